The Kier molecular flexibility index (Phi) is 7.91. The molecule has 4 rings (SSSR count). The Morgan fingerprint density at radius 2 is 1.94 bits per heavy atom. The number of ether oxygens (including phenoxy) is 2. The number of benzene rings is 2. The molecular formula is C26H34N2O5S. The fourth-order valence-electron chi connectivity index (χ4n) is 4.83. The van der Waals surface area contributed by atoms with E-state index in [9.17, 15) is 13.2 Å². The Morgan fingerprint density at radius 3 is 2.68 bits per heavy atom. The highest BCUT2D eigenvalue weighted by Gasteiger charge is 2.32. The van der Waals surface area contributed by atoms with Crippen LogP contribution in [0.4, 0.5) is 0 Å². The van der Waals surface area contributed by atoms with Crippen LogP contribution in [0, 0.1) is 0 Å². The van der Waals surface area contributed by atoms with E-state index in [-0.39, 0.29) is 22.9 Å². The Balaban J connectivity index is 1.62. The zero-order valence-corrected chi connectivity index (χ0v) is 20.8. The minimum Gasteiger partial charge on any atom is -0.496 e. The van der Waals surface area contributed by atoms with E-state index < -0.39 is 10.0 Å². The van der Waals surface area contributed by atoms with Gasteiger partial charge in [-0.3, -0.25) is 4.79 Å². The molecule has 7 nitrogen and oxygen atoms in total. The van der Waals surface area contributed by atoms with E-state index in [1.807, 2.05) is 31.2 Å². The van der Waals surface area contributed by atoms with Crippen molar-refractivity contribution in [1.82, 2.24) is 9.21 Å². The van der Waals surface area contributed by atoms with Crippen LogP contribution < -0.4 is 4.74 Å². The first-order valence-electron chi connectivity index (χ1n) is 12.0. The summed E-state index contributed by atoms with van der Waals surface area (Å²) >= 11 is 0. The molecule has 2 aromatic rings. The maximum atomic E-state index is 13.7. The normalized spacial score (nSPS) is 21.4. The summed E-state index contributed by atoms with van der Waals surface area (Å²) in [5.74, 6) is 0.494. The SMILES string of the molecule is COc1ccccc1CN(CC1CCCO1)C(=O)c1cccc(S(=O)(=O)N2CCCCC2C)c1. The van der Waals surface area contributed by atoms with Crippen LogP contribution in [0.25, 0.3) is 0 Å². The van der Waals surface area contributed by atoms with Gasteiger partial charge in [0, 0.05) is 43.4 Å². The molecule has 0 radical (unpaired) electrons. The van der Waals surface area contributed by atoms with Crippen molar-refractivity contribution in [1.29, 1.82) is 0 Å². The monoisotopic (exact) mass is 486 g/mol. The quantitative estimate of drug-likeness (QED) is 0.562. The number of rotatable bonds is 8. The Labute approximate surface area is 202 Å². The summed E-state index contributed by atoms with van der Waals surface area (Å²) < 4.78 is 39.6. The average molecular weight is 487 g/mol. The molecule has 2 saturated heterocycles. The molecule has 2 aromatic carbocycles. The lowest BCUT2D eigenvalue weighted by atomic mass is 10.1. The molecule has 2 aliphatic heterocycles. The third-order valence-corrected chi connectivity index (χ3v) is 8.73. The zero-order chi connectivity index (χ0) is 24.1. The van der Waals surface area contributed by atoms with Crippen molar-refractivity contribution >= 4 is 15.9 Å². The van der Waals surface area contributed by atoms with Gasteiger partial charge in [0.05, 0.1) is 18.1 Å². The van der Waals surface area contributed by atoms with E-state index >= 15 is 0 Å². The van der Waals surface area contributed by atoms with Gasteiger partial charge in [0.1, 0.15) is 5.75 Å². The minimum atomic E-state index is -3.67. The van der Waals surface area contributed by atoms with Crippen LogP contribution in [0.1, 0.15) is 54.9 Å². The summed E-state index contributed by atoms with van der Waals surface area (Å²) in [7, 11) is -2.05. The molecule has 2 atom stereocenters. The molecule has 0 N–H and O–H groups in total. The third-order valence-electron chi connectivity index (χ3n) is 6.72. The molecule has 0 aliphatic carbocycles. The van der Waals surface area contributed by atoms with Crippen molar-refractivity contribution < 1.29 is 22.7 Å². The molecule has 2 aliphatic rings. The predicted octanol–water partition coefficient (Wildman–Crippen LogP) is 4.08. The van der Waals surface area contributed by atoms with Gasteiger partial charge in [-0.15, -0.1) is 0 Å². The first-order valence-corrected chi connectivity index (χ1v) is 13.5. The smallest absolute Gasteiger partial charge is 0.254 e. The van der Waals surface area contributed by atoms with Gasteiger partial charge in [-0.25, -0.2) is 8.42 Å². The van der Waals surface area contributed by atoms with Crippen LogP contribution in [-0.2, 0) is 21.3 Å². The molecule has 1 amide bonds. The number of para-hydroxylation sites is 1. The summed E-state index contributed by atoms with van der Waals surface area (Å²) in [4.78, 5) is 15.6. The summed E-state index contributed by atoms with van der Waals surface area (Å²) in [6.07, 6.45) is 4.59. The van der Waals surface area contributed by atoms with Crippen LogP contribution in [0.15, 0.2) is 53.4 Å². The van der Waals surface area contributed by atoms with Gasteiger partial charge < -0.3 is 14.4 Å². The number of carbonyl (C=O) groups is 1. The van der Waals surface area contributed by atoms with Gasteiger partial charge in [-0.1, -0.05) is 30.7 Å². The van der Waals surface area contributed by atoms with Crippen molar-refractivity contribution in [2.45, 2.75) is 62.6 Å². The molecule has 2 fully saturated rings. The largest absolute Gasteiger partial charge is 0.496 e. The van der Waals surface area contributed by atoms with Gasteiger partial charge in [-0.05, 0) is 56.9 Å². The first-order chi connectivity index (χ1) is 16.4. The molecule has 184 valence electrons. The lowest BCUT2D eigenvalue weighted by Gasteiger charge is -2.32. The van der Waals surface area contributed by atoms with Crippen molar-refractivity contribution in [3.63, 3.8) is 0 Å². The van der Waals surface area contributed by atoms with Gasteiger partial charge >= 0.3 is 0 Å². The number of nitrogens with zero attached hydrogens (tertiary/aromatic N) is 2. The molecular weight excluding hydrogens is 452 g/mol. The van der Waals surface area contributed by atoms with Gasteiger partial charge in [0.25, 0.3) is 5.91 Å². The molecule has 0 aromatic heterocycles. The van der Waals surface area contributed by atoms with Crippen molar-refractivity contribution in [2.24, 2.45) is 0 Å². The second-order valence-corrected chi connectivity index (χ2v) is 11.0. The molecule has 2 unspecified atom stereocenters. The van der Waals surface area contributed by atoms with Crippen LogP contribution in [0.5, 0.6) is 5.75 Å². The van der Waals surface area contributed by atoms with E-state index in [2.05, 4.69) is 0 Å². The topological polar surface area (TPSA) is 76.1 Å². The van der Waals surface area contributed by atoms with Crippen molar-refractivity contribution in [2.75, 3.05) is 26.8 Å². The van der Waals surface area contributed by atoms with E-state index in [0.29, 0.717) is 37.6 Å². The van der Waals surface area contributed by atoms with Crippen LogP contribution in [-0.4, -0.2) is 62.5 Å². The molecule has 8 heteroatoms. The number of hydrogen-bond donors (Lipinski definition) is 0. The number of amides is 1. The number of carbonyl (C=O) groups excluding carboxylic acids is 1. The Morgan fingerprint density at radius 1 is 1.12 bits per heavy atom. The highest BCUT2D eigenvalue weighted by molar-refractivity contribution is 7.89. The molecule has 0 saturated carbocycles. The Bertz CT molecular complexity index is 1100. The molecule has 34 heavy (non-hydrogen) atoms. The average Bonchev–Trinajstić information content (AvgIpc) is 3.37. The lowest BCUT2D eigenvalue weighted by molar-refractivity contribution is 0.0505. The number of sulfonamides is 1. The van der Waals surface area contributed by atoms with Crippen molar-refractivity contribution in [3.05, 3.63) is 59.7 Å². The van der Waals surface area contributed by atoms with Crippen molar-refractivity contribution in [3.8, 4) is 5.75 Å². The van der Waals surface area contributed by atoms with Crippen LogP contribution in [0.2, 0.25) is 0 Å². The minimum absolute atomic E-state index is 0.0280. The molecule has 2 heterocycles. The summed E-state index contributed by atoms with van der Waals surface area (Å²) in [5.41, 5.74) is 1.25. The number of piperidine rings is 1. The van der Waals surface area contributed by atoms with E-state index in [1.165, 1.54) is 6.07 Å². The van der Waals surface area contributed by atoms with E-state index in [4.69, 9.17) is 9.47 Å². The maximum absolute atomic E-state index is 13.7. The van der Waals surface area contributed by atoms with Crippen LogP contribution >= 0.6 is 0 Å². The van der Waals surface area contributed by atoms with Gasteiger partial charge in [0.2, 0.25) is 10.0 Å². The summed E-state index contributed by atoms with van der Waals surface area (Å²) in [6, 6.07) is 14.0. The number of methoxy groups -OCH3 is 1. The second-order valence-electron chi connectivity index (χ2n) is 9.12. The summed E-state index contributed by atoms with van der Waals surface area (Å²) in [5, 5.41) is 0. The first kappa shape index (κ1) is 24.7. The fraction of sp³-hybridized carbons (Fsp3) is 0.500. The van der Waals surface area contributed by atoms with Gasteiger partial charge in [0.15, 0.2) is 0 Å². The second kappa shape index (κ2) is 10.9. The lowest BCUT2D eigenvalue weighted by Crippen LogP contribution is -2.42. The fourth-order valence-corrected chi connectivity index (χ4v) is 6.57. The number of hydrogen-bond acceptors (Lipinski definition) is 5. The predicted molar refractivity (Wildman–Crippen MR) is 130 cm³/mol. The highest BCUT2D eigenvalue weighted by Crippen LogP contribution is 2.27. The standard InChI is InChI=1S/C26H34N2O5S/c1-20-9-5-6-15-28(20)34(30,31)24-13-7-11-21(17-24)26(29)27(19-23-12-8-16-33-23)18-22-10-3-4-14-25(22)32-2/h3-4,7,10-11,13-14,17,20,23H,5-6,8-9,12,15-16,18-19H2,1-2H3. The van der Waals surface area contributed by atoms with Crippen LogP contribution in [0.3, 0.4) is 0 Å². The van der Waals surface area contributed by atoms with E-state index in [0.717, 1.165) is 37.7 Å². The third kappa shape index (κ3) is 5.45. The Hall–Kier alpha value is -2.42. The molecule has 0 spiro atoms. The zero-order valence-electron chi connectivity index (χ0n) is 20.0. The highest BCUT2D eigenvalue weighted by atomic mass is 32.2. The van der Waals surface area contributed by atoms with E-state index in [1.54, 1.807) is 34.5 Å². The maximum Gasteiger partial charge on any atom is 0.254 e. The molecule has 0 bridgehead atoms. The summed E-state index contributed by atoms with van der Waals surface area (Å²) in [6.45, 7) is 3.95. The van der Waals surface area contributed by atoms with Gasteiger partial charge in [-0.2, -0.15) is 4.31 Å².